The molecule has 156 valence electrons. The van der Waals surface area contributed by atoms with Crippen molar-refractivity contribution in [3.05, 3.63) is 94.2 Å². The average Bonchev–Trinajstić information content (AvgIpc) is 3.46. The van der Waals surface area contributed by atoms with E-state index < -0.39 is 0 Å². The zero-order valence-electron chi connectivity index (χ0n) is 16.5. The van der Waals surface area contributed by atoms with Gasteiger partial charge in [-0.3, -0.25) is 10.1 Å². The van der Waals surface area contributed by atoms with E-state index in [2.05, 4.69) is 12.1 Å². The fraction of sp³-hybridized carbons (Fsp3) is 0.174. The summed E-state index contributed by atoms with van der Waals surface area (Å²) in [5.41, 5.74) is 3.46. The number of ether oxygens (including phenoxy) is 1. The first kappa shape index (κ1) is 20.1. The Bertz CT molecular complexity index is 1220. The summed E-state index contributed by atoms with van der Waals surface area (Å²) in [6, 6.07) is 23.1. The van der Waals surface area contributed by atoms with Crippen LogP contribution in [0.2, 0.25) is 0 Å². The number of benzene rings is 3. The zero-order chi connectivity index (χ0) is 21.2. The van der Waals surface area contributed by atoms with Gasteiger partial charge in [0.25, 0.3) is 5.69 Å². The van der Waals surface area contributed by atoms with Gasteiger partial charge in [-0.05, 0) is 17.7 Å². The molecule has 1 aromatic heterocycles. The molecule has 5 rings (SSSR count). The Kier molecular flexibility index (Phi) is 5.67. The molecule has 1 fully saturated rings. The van der Waals surface area contributed by atoms with Crippen molar-refractivity contribution >= 4 is 40.1 Å². The molecule has 3 aromatic carbocycles. The normalized spacial score (nSPS) is 16.1. The van der Waals surface area contributed by atoms with Crippen LogP contribution < -0.4 is 0 Å². The maximum Gasteiger partial charge on any atom is 0.272 e. The van der Waals surface area contributed by atoms with Gasteiger partial charge < -0.3 is 4.74 Å². The van der Waals surface area contributed by atoms with Crippen LogP contribution in [-0.2, 0) is 10.5 Å². The number of aromatic nitrogens is 2. The summed E-state index contributed by atoms with van der Waals surface area (Å²) >= 11 is 3.30. The molecule has 0 saturated carbocycles. The molecule has 8 heteroatoms. The number of hydrogen-bond acceptors (Lipinski definition) is 6. The van der Waals surface area contributed by atoms with Crippen molar-refractivity contribution in [2.45, 2.75) is 16.1 Å². The van der Waals surface area contributed by atoms with Gasteiger partial charge in [0.15, 0.2) is 0 Å². The molecule has 1 saturated heterocycles. The van der Waals surface area contributed by atoms with Gasteiger partial charge in [0.2, 0.25) is 0 Å². The highest BCUT2D eigenvalue weighted by atomic mass is 32.2. The first-order valence-electron chi connectivity index (χ1n) is 9.87. The minimum atomic E-state index is -0.338. The van der Waals surface area contributed by atoms with Crippen molar-refractivity contribution in [2.75, 3.05) is 12.4 Å². The molecule has 0 bridgehead atoms. The van der Waals surface area contributed by atoms with Crippen LogP contribution in [0.25, 0.3) is 16.6 Å². The first-order valence-corrected chi connectivity index (χ1v) is 11.9. The Morgan fingerprint density at radius 3 is 2.55 bits per heavy atom. The lowest BCUT2D eigenvalue weighted by atomic mass is 10.2. The van der Waals surface area contributed by atoms with Crippen LogP contribution in [0, 0.1) is 10.1 Å². The number of fused-ring (bicyclic) bond motifs is 1. The SMILES string of the molecule is O=[N+]([O-])c1cc(SCc2ccccc2)c2c([C@H]3OCCS3)nn(-c3ccccc3)c2c1. The summed E-state index contributed by atoms with van der Waals surface area (Å²) in [5, 5.41) is 17.5. The second-order valence-corrected chi connectivity index (χ2v) is 9.26. The first-order chi connectivity index (χ1) is 15.2. The molecular weight excluding hydrogens is 430 g/mol. The number of para-hydroxylation sites is 1. The van der Waals surface area contributed by atoms with Crippen LogP contribution in [0.3, 0.4) is 0 Å². The molecule has 0 N–H and O–H groups in total. The third-order valence-corrected chi connectivity index (χ3v) is 7.23. The predicted octanol–water partition coefficient (Wildman–Crippen LogP) is 5.99. The third kappa shape index (κ3) is 4.06. The molecule has 0 radical (unpaired) electrons. The molecule has 1 aliphatic rings. The molecule has 0 spiro atoms. The summed E-state index contributed by atoms with van der Waals surface area (Å²) < 4.78 is 7.73. The molecule has 4 aromatic rings. The Morgan fingerprint density at radius 2 is 1.87 bits per heavy atom. The van der Waals surface area contributed by atoms with Gasteiger partial charge in [-0.15, -0.1) is 23.5 Å². The van der Waals surface area contributed by atoms with E-state index >= 15 is 0 Å². The van der Waals surface area contributed by atoms with Crippen molar-refractivity contribution in [3.8, 4) is 5.69 Å². The lowest BCUT2D eigenvalue weighted by Gasteiger charge is -2.09. The van der Waals surface area contributed by atoms with Crippen LogP contribution in [0.4, 0.5) is 5.69 Å². The van der Waals surface area contributed by atoms with E-state index in [0.29, 0.717) is 12.4 Å². The molecule has 0 unspecified atom stereocenters. The zero-order valence-corrected chi connectivity index (χ0v) is 18.1. The number of nitro benzene ring substituents is 1. The van der Waals surface area contributed by atoms with E-state index in [-0.39, 0.29) is 16.0 Å². The van der Waals surface area contributed by atoms with Crippen LogP contribution in [-0.4, -0.2) is 27.1 Å². The summed E-state index contributed by atoms with van der Waals surface area (Å²) in [7, 11) is 0. The summed E-state index contributed by atoms with van der Waals surface area (Å²) in [6.45, 7) is 0.675. The average molecular weight is 450 g/mol. The molecular formula is C23H19N3O3S2. The summed E-state index contributed by atoms with van der Waals surface area (Å²) in [5.74, 6) is 1.62. The van der Waals surface area contributed by atoms with Gasteiger partial charge in [0, 0.05) is 33.9 Å². The fourth-order valence-corrected chi connectivity index (χ4v) is 5.62. The smallest absolute Gasteiger partial charge is 0.272 e. The van der Waals surface area contributed by atoms with Gasteiger partial charge in [0.1, 0.15) is 11.1 Å². The molecule has 31 heavy (non-hydrogen) atoms. The Hall–Kier alpha value is -2.81. The number of nitro groups is 1. The van der Waals surface area contributed by atoms with Crippen molar-refractivity contribution in [1.82, 2.24) is 9.78 Å². The van der Waals surface area contributed by atoms with Crippen molar-refractivity contribution in [2.24, 2.45) is 0 Å². The van der Waals surface area contributed by atoms with E-state index in [1.54, 1.807) is 40.3 Å². The van der Waals surface area contributed by atoms with Crippen molar-refractivity contribution in [3.63, 3.8) is 0 Å². The standard InChI is InChI=1S/C23H19N3O3S2/c27-26(28)18-13-19-21(20(14-18)31-15-16-7-3-1-4-8-16)22(23-29-11-12-30-23)24-25(19)17-9-5-2-6-10-17/h1-10,13-14,23H,11-12,15H2/t23-/m0/s1. The minimum absolute atomic E-state index is 0.0617. The number of nitrogens with zero attached hydrogens (tertiary/aromatic N) is 3. The highest BCUT2D eigenvalue weighted by Crippen LogP contribution is 2.43. The molecule has 0 amide bonds. The van der Waals surface area contributed by atoms with Crippen LogP contribution >= 0.6 is 23.5 Å². The molecule has 6 nitrogen and oxygen atoms in total. The fourth-order valence-electron chi connectivity index (χ4n) is 3.62. The molecule has 2 heterocycles. The Labute approximate surface area is 187 Å². The Morgan fingerprint density at radius 1 is 1.13 bits per heavy atom. The van der Waals surface area contributed by atoms with Crippen LogP contribution in [0.1, 0.15) is 16.7 Å². The number of hydrogen-bond donors (Lipinski definition) is 0. The van der Waals surface area contributed by atoms with E-state index in [1.807, 2.05) is 48.5 Å². The lowest BCUT2D eigenvalue weighted by molar-refractivity contribution is -0.384. The minimum Gasteiger partial charge on any atom is -0.360 e. The van der Waals surface area contributed by atoms with Crippen LogP contribution in [0.5, 0.6) is 0 Å². The van der Waals surface area contributed by atoms with E-state index in [0.717, 1.165) is 38.5 Å². The van der Waals surface area contributed by atoms with E-state index in [9.17, 15) is 10.1 Å². The second-order valence-electron chi connectivity index (χ2n) is 7.08. The summed E-state index contributed by atoms with van der Waals surface area (Å²) in [4.78, 5) is 12.2. The van der Waals surface area contributed by atoms with Crippen molar-refractivity contribution < 1.29 is 9.66 Å². The molecule has 0 aliphatic carbocycles. The number of rotatable bonds is 6. The maximum atomic E-state index is 11.7. The predicted molar refractivity (Wildman–Crippen MR) is 125 cm³/mol. The quantitative estimate of drug-likeness (QED) is 0.205. The van der Waals surface area contributed by atoms with Crippen LogP contribution in [0.15, 0.2) is 77.7 Å². The van der Waals surface area contributed by atoms with E-state index in [1.165, 1.54) is 0 Å². The molecule has 1 aliphatic heterocycles. The number of non-ortho nitro benzene ring substituents is 1. The maximum absolute atomic E-state index is 11.7. The lowest BCUT2D eigenvalue weighted by Crippen LogP contribution is -1.99. The van der Waals surface area contributed by atoms with Gasteiger partial charge in [-0.1, -0.05) is 48.5 Å². The monoisotopic (exact) mass is 449 g/mol. The third-order valence-electron chi connectivity index (χ3n) is 5.05. The molecule has 1 atom stereocenters. The topological polar surface area (TPSA) is 70.2 Å². The highest BCUT2D eigenvalue weighted by Gasteiger charge is 2.28. The highest BCUT2D eigenvalue weighted by molar-refractivity contribution is 7.99. The number of thioether (sulfide) groups is 2. The largest absolute Gasteiger partial charge is 0.360 e. The van der Waals surface area contributed by atoms with Gasteiger partial charge in [0.05, 0.1) is 22.7 Å². The van der Waals surface area contributed by atoms with Gasteiger partial charge in [-0.25, -0.2) is 4.68 Å². The summed E-state index contributed by atoms with van der Waals surface area (Å²) in [6.07, 6.45) is 0. The van der Waals surface area contributed by atoms with Gasteiger partial charge >= 0.3 is 0 Å². The van der Waals surface area contributed by atoms with Crippen molar-refractivity contribution in [1.29, 1.82) is 0 Å². The Balaban J connectivity index is 1.70. The van der Waals surface area contributed by atoms with Gasteiger partial charge in [-0.2, -0.15) is 5.10 Å². The second kappa shape index (κ2) is 8.74. The van der Waals surface area contributed by atoms with E-state index in [4.69, 9.17) is 9.84 Å².